The number of rotatable bonds is 3. The molecule has 0 heterocycles. The van der Waals surface area contributed by atoms with Crippen LogP contribution in [0.5, 0.6) is 0 Å². The summed E-state index contributed by atoms with van der Waals surface area (Å²) in [6, 6.07) is 8.87. The van der Waals surface area contributed by atoms with Crippen LogP contribution < -0.4 is 10.6 Å². The number of benzene rings is 1. The van der Waals surface area contributed by atoms with E-state index in [4.69, 9.17) is 11.0 Å². The fourth-order valence-electron chi connectivity index (χ4n) is 1.41. The van der Waals surface area contributed by atoms with Crippen molar-refractivity contribution in [2.45, 2.75) is 25.8 Å². The van der Waals surface area contributed by atoms with Gasteiger partial charge in [-0.1, -0.05) is 6.92 Å². The predicted molar refractivity (Wildman–Crippen MR) is 67.5 cm³/mol. The average molecular weight is 231 g/mol. The molecule has 1 aromatic rings. The first-order valence-corrected chi connectivity index (χ1v) is 5.49. The number of anilines is 1. The van der Waals surface area contributed by atoms with E-state index in [2.05, 4.69) is 0 Å². The minimum absolute atomic E-state index is 0.135. The minimum Gasteiger partial charge on any atom is -0.318 e. The quantitative estimate of drug-likeness (QED) is 0.859. The zero-order valence-electron chi connectivity index (χ0n) is 10.4. The summed E-state index contributed by atoms with van der Waals surface area (Å²) in [7, 11) is 1.69. The summed E-state index contributed by atoms with van der Waals surface area (Å²) >= 11 is 0. The lowest BCUT2D eigenvalue weighted by molar-refractivity contribution is -0.122. The Kier molecular flexibility index (Phi) is 3.87. The summed E-state index contributed by atoms with van der Waals surface area (Å²) in [5.41, 5.74) is 6.36. The molecule has 0 aliphatic carbocycles. The monoisotopic (exact) mass is 231 g/mol. The summed E-state index contributed by atoms with van der Waals surface area (Å²) in [5, 5.41) is 8.69. The summed E-state index contributed by atoms with van der Waals surface area (Å²) < 4.78 is 0. The van der Waals surface area contributed by atoms with Crippen LogP contribution in [0.1, 0.15) is 25.8 Å². The van der Waals surface area contributed by atoms with Crippen LogP contribution >= 0.6 is 0 Å². The Balaban J connectivity index is 2.93. The number of carbonyl (C=O) groups is 1. The van der Waals surface area contributed by atoms with Gasteiger partial charge in [0.15, 0.2) is 0 Å². The smallest absolute Gasteiger partial charge is 0.246 e. The SMILES string of the molecule is CCC(C)(N)C(=O)N(C)c1ccc(C#N)cc1. The standard InChI is InChI=1S/C13H17N3O/c1-4-13(2,15)12(17)16(3)11-7-5-10(9-14)6-8-11/h5-8H,4,15H2,1-3H3. The molecule has 0 spiro atoms. The fourth-order valence-corrected chi connectivity index (χ4v) is 1.41. The van der Waals surface area contributed by atoms with Crippen LogP contribution in [0.25, 0.3) is 0 Å². The van der Waals surface area contributed by atoms with Crippen molar-refractivity contribution in [2.24, 2.45) is 5.73 Å². The lowest BCUT2D eigenvalue weighted by atomic mass is 9.98. The molecule has 0 fully saturated rings. The van der Waals surface area contributed by atoms with Gasteiger partial charge in [-0.15, -0.1) is 0 Å². The molecule has 1 atom stereocenters. The van der Waals surface area contributed by atoms with Crippen LogP contribution in [0, 0.1) is 11.3 Å². The number of carbonyl (C=O) groups excluding carboxylic acids is 1. The molecule has 4 heteroatoms. The van der Waals surface area contributed by atoms with Gasteiger partial charge >= 0.3 is 0 Å². The molecule has 0 aromatic heterocycles. The maximum absolute atomic E-state index is 12.1. The van der Waals surface area contributed by atoms with Gasteiger partial charge in [-0.05, 0) is 37.6 Å². The van der Waals surface area contributed by atoms with E-state index in [-0.39, 0.29) is 5.91 Å². The van der Waals surface area contributed by atoms with Crippen molar-refractivity contribution in [1.29, 1.82) is 5.26 Å². The third-order valence-corrected chi connectivity index (χ3v) is 2.91. The number of nitrogens with two attached hydrogens (primary N) is 1. The molecular weight excluding hydrogens is 214 g/mol. The average Bonchev–Trinajstić information content (AvgIpc) is 2.37. The van der Waals surface area contributed by atoms with Crippen molar-refractivity contribution >= 4 is 11.6 Å². The maximum Gasteiger partial charge on any atom is 0.246 e. The summed E-state index contributed by atoms with van der Waals surface area (Å²) in [5.74, 6) is -0.135. The molecule has 0 saturated heterocycles. The Bertz CT molecular complexity index is 443. The van der Waals surface area contributed by atoms with E-state index >= 15 is 0 Å². The molecule has 1 aromatic carbocycles. The number of hydrogen-bond acceptors (Lipinski definition) is 3. The topological polar surface area (TPSA) is 70.1 Å². The zero-order valence-corrected chi connectivity index (χ0v) is 10.4. The van der Waals surface area contributed by atoms with E-state index in [1.165, 1.54) is 4.90 Å². The van der Waals surface area contributed by atoms with E-state index < -0.39 is 5.54 Å². The zero-order chi connectivity index (χ0) is 13.1. The number of hydrogen-bond donors (Lipinski definition) is 1. The van der Waals surface area contributed by atoms with Crippen LogP contribution in [0.2, 0.25) is 0 Å². The van der Waals surface area contributed by atoms with Crippen molar-refractivity contribution in [1.82, 2.24) is 0 Å². The third kappa shape index (κ3) is 2.83. The Labute approximate surface area is 102 Å². The molecule has 0 aliphatic heterocycles. The Morgan fingerprint density at radius 1 is 1.47 bits per heavy atom. The molecule has 4 nitrogen and oxygen atoms in total. The van der Waals surface area contributed by atoms with Gasteiger partial charge in [0.05, 0.1) is 17.2 Å². The maximum atomic E-state index is 12.1. The number of nitriles is 1. The highest BCUT2D eigenvalue weighted by molar-refractivity contribution is 5.99. The lowest BCUT2D eigenvalue weighted by Crippen LogP contribution is -2.51. The molecule has 2 N–H and O–H groups in total. The van der Waals surface area contributed by atoms with Crippen LogP contribution in [0.15, 0.2) is 24.3 Å². The summed E-state index contributed by atoms with van der Waals surface area (Å²) in [6.45, 7) is 3.60. The number of likely N-dealkylation sites (N-methyl/N-ethyl adjacent to an activating group) is 1. The highest BCUT2D eigenvalue weighted by Crippen LogP contribution is 2.18. The molecule has 1 rings (SSSR count). The normalized spacial score (nSPS) is 13.6. The van der Waals surface area contributed by atoms with Gasteiger partial charge < -0.3 is 10.6 Å². The van der Waals surface area contributed by atoms with E-state index in [1.54, 1.807) is 38.2 Å². The largest absolute Gasteiger partial charge is 0.318 e. The van der Waals surface area contributed by atoms with Gasteiger partial charge in [-0.25, -0.2) is 0 Å². The molecular formula is C13H17N3O. The van der Waals surface area contributed by atoms with Gasteiger partial charge in [-0.3, -0.25) is 4.79 Å². The Morgan fingerprint density at radius 3 is 2.41 bits per heavy atom. The van der Waals surface area contributed by atoms with Gasteiger partial charge in [0.25, 0.3) is 0 Å². The van der Waals surface area contributed by atoms with Crippen LogP contribution in [0.4, 0.5) is 5.69 Å². The summed E-state index contributed by atoms with van der Waals surface area (Å²) in [4.78, 5) is 13.6. The van der Waals surface area contributed by atoms with Crippen molar-refractivity contribution in [3.05, 3.63) is 29.8 Å². The second-order valence-electron chi connectivity index (χ2n) is 4.29. The number of amides is 1. The molecule has 0 radical (unpaired) electrons. The minimum atomic E-state index is -0.858. The molecule has 90 valence electrons. The van der Waals surface area contributed by atoms with Crippen molar-refractivity contribution in [2.75, 3.05) is 11.9 Å². The highest BCUT2D eigenvalue weighted by atomic mass is 16.2. The van der Waals surface area contributed by atoms with E-state index in [9.17, 15) is 4.79 Å². The Morgan fingerprint density at radius 2 is 2.00 bits per heavy atom. The molecule has 1 unspecified atom stereocenters. The second-order valence-corrected chi connectivity index (χ2v) is 4.29. The second kappa shape index (κ2) is 4.98. The van der Waals surface area contributed by atoms with Crippen LogP contribution in [0.3, 0.4) is 0 Å². The molecule has 1 amide bonds. The molecule has 0 bridgehead atoms. The van der Waals surface area contributed by atoms with Crippen LogP contribution in [-0.4, -0.2) is 18.5 Å². The van der Waals surface area contributed by atoms with Gasteiger partial charge in [0.1, 0.15) is 0 Å². The van der Waals surface area contributed by atoms with Gasteiger partial charge in [0, 0.05) is 12.7 Å². The fraction of sp³-hybridized carbons (Fsp3) is 0.385. The molecule has 17 heavy (non-hydrogen) atoms. The predicted octanol–water partition coefficient (Wildman–Crippen LogP) is 1.65. The van der Waals surface area contributed by atoms with Crippen molar-refractivity contribution < 1.29 is 4.79 Å². The van der Waals surface area contributed by atoms with E-state index in [1.807, 2.05) is 13.0 Å². The van der Waals surface area contributed by atoms with Crippen molar-refractivity contribution in [3.8, 4) is 6.07 Å². The third-order valence-electron chi connectivity index (χ3n) is 2.91. The van der Waals surface area contributed by atoms with Crippen LogP contribution in [-0.2, 0) is 4.79 Å². The first kappa shape index (κ1) is 13.2. The number of nitrogens with zero attached hydrogens (tertiary/aromatic N) is 2. The highest BCUT2D eigenvalue weighted by Gasteiger charge is 2.29. The Hall–Kier alpha value is -1.86. The molecule has 0 aliphatic rings. The van der Waals surface area contributed by atoms with Crippen molar-refractivity contribution in [3.63, 3.8) is 0 Å². The van der Waals surface area contributed by atoms with E-state index in [0.29, 0.717) is 12.0 Å². The summed E-state index contributed by atoms with van der Waals surface area (Å²) in [6.07, 6.45) is 0.576. The first-order chi connectivity index (χ1) is 7.92. The first-order valence-electron chi connectivity index (χ1n) is 5.49. The van der Waals surface area contributed by atoms with E-state index in [0.717, 1.165) is 5.69 Å². The van der Waals surface area contributed by atoms with Gasteiger partial charge in [0.2, 0.25) is 5.91 Å². The van der Waals surface area contributed by atoms with Gasteiger partial charge in [-0.2, -0.15) is 5.26 Å². The lowest BCUT2D eigenvalue weighted by Gasteiger charge is -2.28. The molecule has 0 saturated carbocycles.